The average molecular weight is 370 g/mol. The number of nitrogens with zero attached hydrogens (tertiary/aromatic N) is 3. The Kier molecular flexibility index (Phi) is 6.00. The lowest BCUT2D eigenvalue weighted by Gasteiger charge is -2.34. The SMILES string of the molecule is COCc1cc(N2CCC(c3cccc(OC)c3)CC2)nc(C(C)(C)C)n1. The molecule has 0 aliphatic carbocycles. The fraction of sp³-hybridized carbons (Fsp3) is 0.545. The van der Waals surface area contributed by atoms with E-state index in [0.29, 0.717) is 12.5 Å². The van der Waals surface area contributed by atoms with Crippen molar-refractivity contribution in [1.82, 2.24) is 9.97 Å². The largest absolute Gasteiger partial charge is 0.497 e. The molecule has 0 atom stereocenters. The van der Waals surface area contributed by atoms with Crippen molar-refractivity contribution in [2.75, 3.05) is 32.2 Å². The van der Waals surface area contributed by atoms with Crippen LogP contribution in [0, 0.1) is 0 Å². The van der Waals surface area contributed by atoms with Crippen molar-refractivity contribution < 1.29 is 9.47 Å². The van der Waals surface area contributed by atoms with Crippen LogP contribution in [-0.4, -0.2) is 37.3 Å². The first-order chi connectivity index (χ1) is 12.9. The van der Waals surface area contributed by atoms with E-state index in [1.807, 2.05) is 6.07 Å². The van der Waals surface area contributed by atoms with Crippen molar-refractivity contribution in [2.45, 2.75) is 51.6 Å². The third kappa shape index (κ3) is 4.78. The van der Waals surface area contributed by atoms with Crippen molar-refractivity contribution >= 4 is 5.82 Å². The molecule has 27 heavy (non-hydrogen) atoms. The van der Waals surface area contributed by atoms with E-state index in [1.54, 1.807) is 14.2 Å². The third-order valence-corrected chi connectivity index (χ3v) is 5.11. The number of rotatable bonds is 5. The van der Waals surface area contributed by atoms with Gasteiger partial charge in [-0.05, 0) is 36.5 Å². The number of ether oxygens (including phenoxy) is 2. The Hall–Kier alpha value is -2.14. The zero-order valence-electron chi connectivity index (χ0n) is 17.2. The van der Waals surface area contributed by atoms with Gasteiger partial charge in [0.15, 0.2) is 0 Å². The molecule has 1 aromatic heterocycles. The lowest BCUT2D eigenvalue weighted by molar-refractivity contribution is 0.181. The van der Waals surface area contributed by atoms with Gasteiger partial charge in [0.1, 0.15) is 17.4 Å². The lowest BCUT2D eigenvalue weighted by atomic mass is 9.89. The molecule has 0 spiro atoms. The summed E-state index contributed by atoms with van der Waals surface area (Å²) in [6.07, 6.45) is 2.23. The number of benzene rings is 1. The Morgan fingerprint density at radius 2 is 1.81 bits per heavy atom. The molecule has 0 radical (unpaired) electrons. The first-order valence-corrected chi connectivity index (χ1v) is 9.67. The van der Waals surface area contributed by atoms with Gasteiger partial charge in [0, 0.05) is 31.7 Å². The van der Waals surface area contributed by atoms with Crippen LogP contribution in [0.1, 0.15) is 56.6 Å². The van der Waals surface area contributed by atoms with Crippen LogP contribution in [0.25, 0.3) is 0 Å². The summed E-state index contributed by atoms with van der Waals surface area (Å²) in [7, 11) is 3.43. The lowest BCUT2D eigenvalue weighted by Crippen LogP contribution is -2.34. The fourth-order valence-electron chi connectivity index (χ4n) is 3.54. The van der Waals surface area contributed by atoms with Crippen LogP contribution < -0.4 is 9.64 Å². The second-order valence-corrected chi connectivity index (χ2v) is 8.26. The molecule has 0 saturated carbocycles. The molecule has 1 aliphatic rings. The van der Waals surface area contributed by atoms with Gasteiger partial charge in [-0.2, -0.15) is 0 Å². The molecule has 5 heteroatoms. The van der Waals surface area contributed by atoms with E-state index in [1.165, 1.54) is 5.56 Å². The van der Waals surface area contributed by atoms with Gasteiger partial charge in [-0.15, -0.1) is 0 Å². The molecule has 1 aliphatic heterocycles. The molecule has 5 nitrogen and oxygen atoms in total. The fourth-order valence-corrected chi connectivity index (χ4v) is 3.54. The van der Waals surface area contributed by atoms with Crippen molar-refractivity contribution in [1.29, 1.82) is 0 Å². The van der Waals surface area contributed by atoms with E-state index in [2.05, 4.69) is 49.9 Å². The van der Waals surface area contributed by atoms with Crippen LogP contribution in [0.15, 0.2) is 30.3 Å². The number of hydrogen-bond donors (Lipinski definition) is 0. The van der Waals surface area contributed by atoms with Crippen molar-refractivity contribution in [3.63, 3.8) is 0 Å². The Morgan fingerprint density at radius 1 is 1.07 bits per heavy atom. The molecule has 146 valence electrons. The monoisotopic (exact) mass is 369 g/mol. The minimum atomic E-state index is -0.0859. The maximum atomic E-state index is 5.38. The second kappa shape index (κ2) is 8.26. The maximum absolute atomic E-state index is 5.38. The topological polar surface area (TPSA) is 47.5 Å². The zero-order valence-corrected chi connectivity index (χ0v) is 17.2. The predicted molar refractivity (Wildman–Crippen MR) is 109 cm³/mol. The standard InChI is InChI=1S/C22H31N3O2/c1-22(2,3)21-23-18(15-26-4)14-20(24-21)25-11-9-16(10-12-25)17-7-6-8-19(13-17)27-5/h6-8,13-14,16H,9-12,15H2,1-5H3. The number of piperidine rings is 1. The highest BCUT2D eigenvalue weighted by molar-refractivity contribution is 5.42. The van der Waals surface area contributed by atoms with E-state index < -0.39 is 0 Å². The first-order valence-electron chi connectivity index (χ1n) is 9.67. The van der Waals surface area contributed by atoms with Crippen LogP contribution in [0.4, 0.5) is 5.82 Å². The van der Waals surface area contributed by atoms with Gasteiger partial charge in [-0.3, -0.25) is 0 Å². The van der Waals surface area contributed by atoms with Gasteiger partial charge in [-0.1, -0.05) is 32.9 Å². The van der Waals surface area contributed by atoms with E-state index in [4.69, 9.17) is 19.4 Å². The van der Waals surface area contributed by atoms with Gasteiger partial charge in [0.25, 0.3) is 0 Å². The summed E-state index contributed by atoms with van der Waals surface area (Å²) in [5, 5.41) is 0. The smallest absolute Gasteiger partial charge is 0.136 e. The number of anilines is 1. The first kappa shape index (κ1) is 19.6. The minimum absolute atomic E-state index is 0.0859. The molecule has 3 rings (SSSR count). The summed E-state index contributed by atoms with van der Waals surface area (Å²) < 4.78 is 10.7. The van der Waals surface area contributed by atoms with Crippen LogP contribution in [0.2, 0.25) is 0 Å². The van der Waals surface area contributed by atoms with E-state index >= 15 is 0 Å². The van der Waals surface area contributed by atoms with Crippen LogP contribution in [0.5, 0.6) is 5.75 Å². The summed E-state index contributed by atoms with van der Waals surface area (Å²) in [4.78, 5) is 12.0. The van der Waals surface area contributed by atoms with Gasteiger partial charge in [-0.25, -0.2) is 9.97 Å². The summed E-state index contributed by atoms with van der Waals surface area (Å²) >= 11 is 0. The average Bonchev–Trinajstić information content (AvgIpc) is 2.67. The highest BCUT2D eigenvalue weighted by Crippen LogP contribution is 2.32. The summed E-state index contributed by atoms with van der Waals surface area (Å²) in [6, 6.07) is 10.5. The molecular weight excluding hydrogens is 338 g/mol. The molecule has 0 amide bonds. The summed E-state index contributed by atoms with van der Waals surface area (Å²) in [5.41, 5.74) is 2.23. The summed E-state index contributed by atoms with van der Waals surface area (Å²) in [6.45, 7) is 8.95. The number of methoxy groups -OCH3 is 2. The Morgan fingerprint density at radius 3 is 2.44 bits per heavy atom. The van der Waals surface area contributed by atoms with E-state index in [-0.39, 0.29) is 5.41 Å². The van der Waals surface area contributed by atoms with Crippen LogP contribution in [0.3, 0.4) is 0 Å². The molecule has 0 bridgehead atoms. The molecule has 1 fully saturated rings. The number of aromatic nitrogens is 2. The zero-order chi connectivity index (χ0) is 19.4. The maximum Gasteiger partial charge on any atom is 0.136 e. The van der Waals surface area contributed by atoms with Crippen molar-refractivity contribution in [3.05, 3.63) is 47.4 Å². The van der Waals surface area contributed by atoms with Gasteiger partial charge in [0.05, 0.1) is 19.4 Å². The third-order valence-electron chi connectivity index (χ3n) is 5.11. The van der Waals surface area contributed by atoms with Crippen molar-refractivity contribution in [3.8, 4) is 5.75 Å². The minimum Gasteiger partial charge on any atom is -0.497 e. The normalized spacial score (nSPS) is 15.8. The van der Waals surface area contributed by atoms with E-state index in [9.17, 15) is 0 Å². The molecule has 1 saturated heterocycles. The highest BCUT2D eigenvalue weighted by atomic mass is 16.5. The molecule has 0 unspecified atom stereocenters. The molecule has 0 N–H and O–H groups in total. The van der Waals surface area contributed by atoms with Crippen LogP contribution in [-0.2, 0) is 16.8 Å². The Labute approximate surface area is 162 Å². The quantitative estimate of drug-likeness (QED) is 0.786. The Balaban J connectivity index is 1.76. The van der Waals surface area contributed by atoms with E-state index in [0.717, 1.165) is 49.0 Å². The highest BCUT2D eigenvalue weighted by Gasteiger charge is 2.25. The Bertz CT molecular complexity index is 762. The number of hydrogen-bond acceptors (Lipinski definition) is 5. The molecule has 2 heterocycles. The van der Waals surface area contributed by atoms with Crippen LogP contribution >= 0.6 is 0 Å². The van der Waals surface area contributed by atoms with Gasteiger partial charge < -0.3 is 14.4 Å². The molecular formula is C22H31N3O2. The van der Waals surface area contributed by atoms with Crippen molar-refractivity contribution in [2.24, 2.45) is 0 Å². The molecule has 1 aromatic carbocycles. The van der Waals surface area contributed by atoms with Gasteiger partial charge in [0.2, 0.25) is 0 Å². The second-order valence-electron chi connectivity index (χ2n) is 8.26. The van der Waals surface area contributed by atoms with Gasteiger partial charge >= 0.3 is 0 Å². The predicted octanol–water partition coefficient (Wildman–Crippen LogP) is 4.31. The molecule has 2 aromatic rings. The summed E-state index contributed by atoms with van der Waals surface area (Å²) in [5.74, 6) is 3.40.